The highest BCUT2D eigenvalue weighted by molar-refractivity contribution is 6.01. The Morgan fingerprint density at radius 2 is 1.86 bits per heavy atom. The summed E-state index contributed by atoms with van der Waals surface area (Å²) in [5.74, 6) is 0.390. The number of hydrogen-bond donors (Lipinski definition) is 2. The third-order valence-electron chi connectivity index (χ3n) is 4.96. The minimum absolute atomic E-state index is 0.0504. The van der Waals surface area contributed by atoms with Crippen LogP contribution in [-0.4, -0.2) is 35.9 Å². The Bertz CT molecular complexity index is 827. The topological polar surface area (TPSA) is 74.3 Å². The molecule has 28 heavy (non-hydrogen) atoms. The highest BCUT2D eigenvalue weighted by atomic mass is 16.2. The van der Waals surface area contributed by atoms with Crippen molar-refractivity contribution in [2.24, 2.45) is 5.92 Å². The van der Waals surface area contributed by atoms with Gasteiger partial charge in [0, 0.05) is 18.7 Å². The summed E-state index contributed by atoms with van der Waals surface area (Å²) in [6.45, 7) is 7.81. The molecule has 1 aromatic heterocycles. The maximum atomic E-state index is 12.8. The summed E-state index contributed by atoms with van der Waals surface area (Å²) in [5.41, 5.74) is 2.18. The van der Waals surface area contributed by atoms with Gasteiger partial charge < -0.3 is 15.5 Å². The van der Waals surface area contributed by atoms with E-state index in [1.54, 1.807) is 12.3 Å². The molecule has 2 heterocycles. The molecule has 6 heteroatoms. The summed E-state index contributed by atoms with van der Waals surface area (Å²) in [5, 5.41) is 5.73. The van der Waals surface area contributed by atoms with Crippen LogP contribution in [0, 0.1) is 12.8 Å². The number of aryl methyl sites for hydroxylation is 1. The number of hydrogen-bond acceptors (Lipinski definition) is 4. The van der Waals surface area contributed by atoms with Crippen molar-refractivity contribution in [3.63, 3.8) is 0 Å². The maximum Gasteiger partial charge on any atom is 0.251 e. The van der Waals surface area contributed by atoms with E-state index in [0.717, 1.165) is 24.5 Å². The molecule has 148 valence electrons. The van der Waals surface area contributed by atoms with E-state index in [1.165, 1.54) is 12.8 Å². The molecule has 1 atom stereocenters. The number of aromatic nitrogens is 1. The second-order valence-corrected chi connectivity index (χ2v) is 7.65. The molecule has 0 bridgehead atoms. The van der Waals surface area contributed by atoms with Gasteiger partial charge in [0.1, 0.15) is 11.9 Å². The molecule has 1 aliphatic rings. The lowest BCUT2D eigenvalue weighted by Gasteiger charge is -2.22. The monoisotopic (exact) mass is 380 g/mol. The number of nitrogens with zero attached hydrogens (tertiary/aromatic N) is 2. The maximum absolute atomic E-state index is 12.8. The first-order valence-corrected chi connectivity index (χ1v) is 9.83. The lowest BCUT2D eigenvalue weighted by atomic mass is 10.0. The summed E-state index contributed by atoms with van der Waals surface area (Å²) < 4.78 is 0. The summed E-state index contributed by atoms with van der Waals surface area (Å²) in [4.78, 5) is 32.0. The van der Waals surface area contributed by atoms with E-state index in [2.05, 4.69) is 20.5 Å². The van der Waals surface area contributed by atoms with Gasteiger partial charge in [-0.15, -0.1) is 0 Å². The molecule has 3 rings (SSSR count). The highest BCUT2D eigenvalue weighted by Gasteiger charge is 2.25. The standard InChI is InChI=1S/C22H28N4O2/c1-15(2)20(25-21(27)17-8-6-7-16(3)13-17)22(28)24-18-9-10-19(23-14-18)26-11-4-5-12-26/h6-10,13-15,20H,4-5,11-12H2,1-3H3,(H,24,28)(H,25,27). The summed E-state index contributed by atoms with van der Waals surface area (Å²) in [6, 6.07) is 10.5. The third-order valence-corrected chi connectivity index (χ3v) is 4.96. The van der Waals surface area contributed by atoms with E-state index in [4.69, 9.17) is 0 Å². The molecule has 2 N–H and O–H groups in total. The quantitative estimate of drug-likeness (QED) is 0.806. The first-order chi connectivity index (χ1) is 13.4. The number of carbonyl (C=O) groups is 2. The molecular weight excluding hydrogens is 352 g/mol. The summed E-state index contributed by atoms with van der Waals surface area (Å²) >= 11 is 0. The van der Waals surface area contributed by atoms with Crippen LogP contribution < -0.4 is 15.5 Å². The van der Waals surface area contributed by atoms with Crippen molar-refractivity contribution >= 4 is 23.3 Å². The van der Waals surface area contributed by atoms with Gasteiger partial charge in [-0.3, -0.25) is 9.59 Å². The van der Waals surface area contributed by atoms with Crippen LogP contribution in [0.25, 0.3) is 0 Å². The number of amides is 2. The Kier molecular flexibility index (Phi) is 6.29. The van der Waals surface area contributed by atoms with E-state index in [9.17, 15) is 9.59 Å². The van der Waals surface area contributed by atoms with Gasteiger partial charge in [-0.05, 0) is 49.9 Å². The van der Waals surface area contributed by atoms with Crippen molar-refractivity contribution in [2.75, 3.05) is 23.3 Å². The Balaban J connectivity index is 1.65. The van der Waals surface area contributed by atoms with E-state index in [1.807, 2.05) is 51.1 Å². The first kappa shape index (κ1) is 19.9. The molecular formula is C22H28N4O2. The predicted molar refractivity (Wildman–Crippen MR) is 112 cm³/mol. The van der Waals surface area contributed by atoms with Gasteiger partial charge in [-0.1, -0.05) is 31.5 Å². The molecule has 1 fully saturated rings. The molecule has 1 saturated heterocycles. The Hall–Kier alpha value is -2.89. The van der Waals surface area contributed by atoms with E-state index >= 15 is 0 Å². The highest BCUT2D eigenvalue weighted by Crippen LogP contribution is 2.19. The zero-order valence-electron chi connectivity index (χ0n) is 16.7. The van der Waals surface area contributed by atoms with Crippen molar-refractivity contribution in [1.29, 1.82) is 0 Å². The number of benzene rings is 1. The van der Waals surface area contributed by atoms with Gasteiger partial charge in [0.25, 0.3) is 5.91 Å². The Morgan fingerprint density at radius 1 is 1.11 bits per heavy atom. The fourth-order valence-electron chi connectivity index (χ4n) is 3.36. The first-order valence-electron chi connectivity index (χ1n) is 9.83. The minimum atomic E-state index is -0.633. The number of pyridine rings is 1. The van der Waals surface area contributed by atoms with Crippen LogP contribution >= 0.6 is 0 Å². The van der Waals surface area contributed by atoms with Gasteiger partial charge in [0.2, 0.25) is 5.91 Å². The molecule has 0 radical (unpaired) electrons. The molecule has 6 nitrogen and oxygen atoms in total. The molecule has 1 aliphatic heterocycles. The number of anilines is 2. The van der Waals surface area contributed by atoms with Crippen LogP contribution in [-0.2, 0) is 4.79 Å². The van der Waals surface area contributed by atoms with Gasteiger partial charge in [-0.2, -0.15) is 0 Å². The fourth-order valence-corrected chi connectivity index (χ4v) is 3.36. The van der Waals surface area contributed by atoms with Crippen molar-refractivity contribution in [1.82, 2.24) is 10.3 Å². The minimum Gasteiger partial charge on any atom is -0.357 e. The molecule has 1 unspecified atom stereocenters. The van der Waals surface area contributed by atoms with Gasteiger partial charge in [-0.25, -0.2) is 4.98 Å². The third kappa shape index (κ3) is 4.88. The molecule has 2 amide bonds. The largest absolute Gasteiger partial charge is 0.357 e. The Morgan fingerprint density at radius 3 is 2.46 bits per heavy atom. The molecule has 0 aliphatic carbocycles. The fraction of sp³-hybridized carbons (Fsp3) is 0.409. The summed E-state index contributed by atoms with van der Waals surface area (Å²) in [7, 11) is 0. The smallest absolute Gasteiger partial charge is 0.251 e. The number of nitrogens with one attached hydrogen (secondary N) is 2. The number of rotatable bonds is 6. The predicted octanol–water partition coefficient (Wildman–Crippen LogP) is 3.38. The lowest BCUT2D eigenvalue weighted by molar-refractivity contribution is -0.118. The van der Waals surface area contributed by atoms with E-state index < -0.39 is 6.04 Å². The van der Waals surface area contributed by atoms with Gasteiger partial charge in [0.05, 0.1) is 11.9 Å². The van der Waals surface area contributed by atoms with E-state index in [-0.39, 0.29) is 17.7 Å². The van der Waals surface area contributed by atoms with Crippen LogP contribution in [0.4, 0.5) is 11.5 Å². The van der Waals surface area contributed by atoms with Crippen molar-refractivity contribution in [2.45, 2.75) is 39.7 Å². The van der Waals surface area contributed by atoms with Crippen LogP contribution in [0.15, 0.2) is 42.6 Å². The number of carbonyl (C=O) groups excluding carboxylic acids is 2. The van der Waals surface area contributed by atoms with Crippen LogP contribution in [0.1, 0.15) is 42.6 Å². The summed E-state index contributed by atoms with van der Waals surface area (Å²) in [6.07, 6.45) is 4.05. The van der Waals surface area contributed by atoms with Crippen LogP contribution in [0.3, 0.4) is 0 Å². The van der Waals surface area contributed by atoms with Crippen LogP contribution in [0.2, 0.25) is 0 Å². The molecule has 1 aromatic carbocycles. The normalized spacial score (nSPS) is 14.8. The van der Waals surface area contributed by atoms with Crippen LogP contribution in [0.5, 0.6) is 0 Å². The van der Waals surface area contributed by atoms with Crippen molar-refractivity contribution in [3.05, 3.63) is 53.7 Å². The second kappa shape index (κ2) is 8.87. The lowest BCUT2D eigenvalue weighted by Crippen LogP contribution is -2.47. The Labute approximate surface area is 166 Å². The van der Waals surface area contributed by atoms with Gasteiger partial charge >= 0.3 is 0 Å². The van der Waals surface area contributed by atoms with Crippen molar-refractivity contribution < 1.29 is 9.59 Å². The molecule has 0 saturated carbocycles. The molecule has 2 aromatic rings. The zero-order valence-corrected chi connectivity index (χ0v) is 16.7. The zero-order chi connectivity index (χ0) is 20.1. The average molecular weight is 380 g/mol. The second-order valence-electron chi connectivity index (χ2n) is 7.65. The van der Waals surface area contributed by atoms with Gasteiger partial charge in [0.15, 0.2) is 0 Å². The van der Waals surface area contributed by atoms with E-state index in [0.29, 0.717) is 11.3 Å². The molecule has 0 spiro atoms. The van der Waals surface area contributed by atoms with Crippen molar-refractivity contribution in [3.8, 4) is 0 Å². The average Bonchev–Trinajstić information content (AvgIpc) is 3.21. The SMILES string of the molecule is Cc1cccc(C(=O)NC(C(=O)Nc2ccc(N3CCCC3)nc2)C(C)C)c1.